The lowest BCUT2D eigenvalue weighted by Crippen LogP contribution is -2.47. The Morgan fingerprint density at radius 3 is 2.59 bits per heavy atom. The number of anilines is 1. The number of carbonyl (C=O) groups is 1. The van der Waals surface area contributed by atoms with E-state index in [-0.39, 0.29) is 35.9 Å². The molecule has 7 heteroatoms. The maximum absolute atomic E-state index is 12.3. The molecule has 0 radical (unpaired) electrons. The minimum absolute atomic E-state index is 0. The quantitative estimate of drug-likeness (QED) is 0.354. The van der Waals surface area contributed by atoms with Gasteiger partial charge in [-0.3, -0.25) is 14.7 Å². The van der Waals surface area contributed by atoms with Crippen LogP contribution in [0.2, 0.25) is 0 Å². The average Bonchev–Trinajstić information content (AvgIpc) is 3.40. The zero-order valence-corrected chi connectivity index (χ0v) is 18.8. The molecular formula is C20H32IN5O. The van der Waals surface area contributed by atoms with Crippen LogP contribution in [0, 0.1) is 0 Å². The number of carbonyl (C=O) groups excluding carboxylic acids is 1. The van der Waals surface area contributed by atoms with Crippen LogP contribution in [0.4, 0.5) is 5.69 Å². The molecule has 2 aliphatic rings. The Labute approximate surface area is 179 Å². The molecule has 1 aliphatic carbocycles. The molecule has 0 bridgehead atoms. The number of halogens is 1. The Kier molecular flexibility index (Phi) is 8.34. The van der Waals surface area contributed by atoms with Gasteiger partial charge in [-0.05, 0) is 38.8 Å². The van der Waals surface area contributed by atoms with E-state index in [0.29, 0.717) is 19.0 Å². The number of benzene rings is 1. The van der Waals surface area contributed by atoms with Crippen LogP contribution in [-0.2, 0) is 4.79 Å². The van der Waals surface area contributed by atoms with Crippen LogP contribution in [0.15, 0.2) is 35.3 Å². The van der Waals surface area contributed by atoms with Gasteiger partial charge in [-0.15, -0.1) is 24.0 Å². The maximum atomic E-state index is 12.3. The van der Waals surface area contributed by atoms with Gasteiger partial charge in [0.25, 0.3) is 0 Å². The average molecular weight is 485 g/mol. The molecule has 2 N–H and O–H groups in total. The molecule has 0 aromatic heterocycles. The molecule has 0 spiro atoms. The van der Waals surface area contributed by atoms with Gasteiger partial charge >= 0.3 is 0 Å². The highest BCUT2D eigenvalue weighted by molar-refractivity contribution is 14.0. The minimum atomic E-state index is 0. The second-order valence-corrected chi connectivity index (χ2v) is 7.45. The number of rotatable bonds is 7. The van der Waals surface area contributed by atoms with Crippen LogP contribution in [0.25, 0.3) is 0 Å². The summed E-state index contributed by atoms with van der Waals surface area (Å²) in [4.78, 5) is 21.1. The van der Waals surface area contributed by atoms with Crippen molar-refractivity contribution >= 4 is 41.5 Å². The summed E-state index contributed by atoms with van der Waals surface area (Å²) < 4.78 is 0. The van der Waals surface area contributed by atoms with E-state index in [1.54, 1.807) is 7.05 Å². The molecule has 1 aromatic carbocycles. The first-order valence-electron chi connectivity index (χ1n) is 9.67. The minimum Gasteiger partial charge on any atom is -0.355 e. The van der Waals surface area contributed by atoms with E-state index in [1.807, 2.05) is 35.2 Å². The summed E-state index contributed by atoms with van der Waals surface area (Å²) in [5.74, 6) is 0.932. The number of para-hydroxylation sites is 1. The topological polar surface area (TPSA) is 60.0 Å². The number of aliphatic imine (C=N–C) groups is 1. The van der Waals surface area contributed by atoms with Crippen molar-refractivity contribution in [3.05, 3.63) is 30.3 Å². The molecule has 27 heavy (non-hydrogen) atoms. The fourth-order valence-electron chi connectivity index (χ4n) is 3.62. The molecule has 1 aliphatic heterocycles. The Morgan fingerprint density at radius 1 is 1.30 bits per heavy atom. The zero-order chi connectivity index (χ0) is 18.5. The van der Waals surface area contributed by atoms with Crippen LogP contribution in [-0.4, -0.2) is 61.6 Å². The first-order valence-corrected chi connectivity index (χ1v) is 9.67. The van der Waals surface area contributed by atoms with E-state index in [1.165, 1.54) is 12.8 Å². The Morgan fingerprint density at radius 2 is 2.00 bits per heavy atom. The highest BCUT2D eigenvalue weighted by Gasteiger charge is 2.32. The first kappa shape index (κ1) is 21.9. The summed E-state index contributed by atoms with van der Waals surface area (Å²) in [6.45, 7) is 7.06. The van der Waals surface area contributed by atoms with Crippen molar-refractivity contribution in [2.24, 2.45) is 4.99 Å². The van der Waals surface area contributed by atoms with Crippen molar-refractivity contribution in [1.29, 1.82) is 0 Å². The van der Waals surface area contributed by atoms with Gasteiger partial charge in [0.15, 0.2) is 5.96 Å². The van der Waals surface area contributed by atoms with Crippen molar-refractivity contribution in [2.45, 2.75) is 51.2 Å². The van der Waals surface area contributed by atoms with Gasteiger partial charge in [0.2, 0.25) is 5.91 Å². The summed E-state index contributed by atoms with van der Waals surface area (Å²) >= 11 is 0. The smallest absolute Gasteiger partial charge is 0.229 e. The molecule has 1 unspecified atom stereocenters. The third-order valence-electron chi connectivity index (χ3n) is 5.10. The summed E-state index contributed by atoms with van der Waals surface area (Å²) in [6.07, 6.45) is 3.14. The number of hydrogen-bond donors (Lipinski definition) is 2. The normalized spacial score (nSPS) is 20.2. The SMILES string of the molecule is CN=C(NCCN(C(C)C)C1CC1)NC1CC(=O)N(c2ccccc2)C1.I. The van der Waals surface area contributed by atoms with E-state index >= 15 is 0 Å². The number of nitrogens with one attached hydrogen (secondary N) is 2. The van der Waals surface area contributed by atoms with Gasteiger partial charge < -0.3 is 15.5 Å². The molecule has 1 aromatic rings. The summed E-state index contributed by atoms with van der Waals surface area (Å²) in [5.41, 5.74) is 0.960. The third kappa shape index (κ3) is 6.07. The fourth-order valence-corrected chi connectivity index (χ4v) is 3.62. The van der Waals surface area contributed by atoms with E-state index in [0.717, 1.165) is 30.8 Å². The molecule has 2 fully saturated rings. The summed E-state index contributed by atoms with van der Waals surface area (Å²) in [6, 6.07) is 11.3. The predicted octanol–water partition coefficient (Wildman–Crippen LogP) is 2.45. The molecule has 1 saturated heterocycles. The number of guanidine groups is 1. The maximum Gasteiger partial charge on any atom is 0.229 e. The molecule has 1 saturated carbocycles. The number of amides is 1. The van der Waals surface area contributed by atoms with Crippen LogP contribution in [0.1, 0.15) is 33.1 Å². The van der Waals surface area contributed by atoms with Crippen molar-refractivity contribution in [3.63, 3.8) is 0 Å². The first-order chi connectivity index (χ1) is 12.6. The van der Waals surface area contributed by atoms with Gasteiger partial charge in [-0.25, -0.2) is 0 Å². The zero-order valence-electron chi connectivity index (χ0n) is 16.5. The van der Waals surface area contributed by atoms with Gasteiger partial charge in [0.1, 0.15) is 0 Å². The van der Waals surface area contributed by atoms with Crippen molar-refractivity contribution in [2.75, 3.05) is 31.6 Å². The molecule has 1 heterocycles. The van der Waals surface area contributed by atoms with Crippen LogP contribution in [0.3, 0.4) is 0 Å². The van der Waals surface area contributed by atoms with Gasteiger partial charge in [0, 0.05) is 50.9 Å². The Hall–Kier alpha value is -1.35. The molecule has 1 atom stereocenters. The second kappa shape index (κ2) is 10.3. The van der Waals surface area contributed by atoms with E-state index < -0.39 is 0 Å². The lowest BCUT2D eigenvalue weighted by atomic mass is 10.2. The van der Waals surface area contributed by atoms with Gasteiger partial charge in [-0.1, -0.05) is 18.2 Å². The van der Waals surface area contributed by atoms with E-state index in [9.17, 15) is 4.79 Å². The molecule has 150 valence electrons. The molecule has 6 nitrogen and oxygen atoms in total. The van der Waals surface area contributed by atoms with Crippen molar-refractivity contribution in [1.82, 2.24) is 15.5 Å². The predicted molar refractivity (Wildman–Crippen MR) is 122 cm³/mol. The third-order valence-corrected chi connectivity index (χ3v) is 5.10. The lowest BCUT2D eigenvalue weighted by molar-refractivity contribution is -0.117. The highest BCUT2D eigenvalue weighted by Crippen LogP contribution is 2.28. The monoisotopic (exact) mass is 485 g/mol. The largest absolute Gasteiger partial charge is 0.355 e. The molecule has 3 rings (SSSR count). The highest BCUT2D eigenvalue weighted by atomic mass is 127. The summed E-state index contributed by atoms with van der Waals surface area (Å²) in [7, 11) is 1.78. The Bertz CT molecular complexity index is 631. The second-order valence-electron chi connectivity index (χ2n) is 7.45. The standard InChI is InChI=1S/C20H31N5O.HI/c1-15(2)24(18-9-10-18)12-11-22-20(21-3)23-16-13-19(26)25(14-16)17-7-5-4-6-8-17;/h4-8,15-16,18H,9-14H2,1-3H3,(H2,21,22,23);1H. The number of hydrogen-bond acceptors (Lipinski definition) is 3. The summed E-state index contributed by atoms with van der Waals surface area (Å²) in [5, 5.41) is 6.80. The van der Waals surface area contributed by atoms with Gasteiger partial charge in [-0.2, -0.15) is 0 Å². The van der Waals surface area contributed by atoms with Crippen LogP contribution >= 0.6 is 24.0 Å². The molecule has 1 amide bonds. The fraction of sp³-hybridized carbons (Fsp3) is 0.600. The van der Waals surface area contributed by atoms with E-state index in [4.69, 9.17) is 0 Å². The van der Waals surface area contributed by atoms with Crippen molar-refractivity contribution in [3.8, 4) is 0 Å². The van der Waals surface area contributed by atoms with Crippen LogP contribution < -0.4 is 15.5 Å². The van der Waals surface area contributed by atoms with Crippen LogP contribution in [0.5, 0.6) is 0 Å². The van der Waals surface area contributed by atoms with Gasteiger partial charge in [0.05, 0.1) is 6.04 Å². The Balaban J connectivity index is 0.00000261. The van der Waals surface area contributed by atoms with E-state index in [2.05, 4.69) is 34.4 Å². The number of nitrogens with zero attached hydrogens (tertiary/aromatic N) is 3. The van der Waals surface area contributed by atoms with Crippen molar-refractivity contribution < 1.29 is 4.79 Å². The lowest BCUT2D eigenvalue weighted by Gasteiger charge is -2.27. The molecular weight excluding hydrogens is 453 g/mol.